The van der Waals surface area contributed by atoms with E-state index in [-0.39, 0.29) is 43.1 Å². The fourth-order valence-corrected chi connectivity index (χ4v) is 4.76. The highest BCUT2D eigenvalue weighted by molar-refractivity contribution is 6.10. The molecule has 0 amide bonds. The molecular weight excluding hydrogens is 510 g/mol. The number of Topliss-reactive ketones (excluding diaryl/α,β-unsaturated/α-hetero) is 1. The van der Waals surface area contributed by atoms with Gasteiger partial charge in [-0.1, -0.05) is 42.5 Å². The van der Waals surface area contributed by atoms with Crippen LogP contribution in [0.15, 0.2) is 78.6 Å². The Hall–Kier alpha value is -4.65. The molecule has 8 nitrogen and oxygen atoms in total. The monoisotopic (exact) mass is 541 g/mol. The van der Waals surface area contributed by atoms with Gasteiger partial charge < -0.3 is 24.3 Å². The summed E-state index contributed by atoms with van der Waals surface area (Å²) < 4.78 is 12.6. The summed E-state index contributed by atoms with van der Waals surface area (Å²) in [6.45, 7) is 1.94. The molecular formula is C32H31NO7. The summed E-state index contributed by atoms with van der Waals surface area (Å²) in [5.41, 5.74) is 3.87. The topological polar surface area (TPSA) is 115 Å². The predicted molar refractivity (Wildman–Crippen MR) is 151 cm³/mol. The van der Waals surface area contributed by atoms with E-state index in [9.17, 15) is 24.6 Å². The number of aromatic carboxylic acids is 1. The van der Waals surface area contributed by atoms with Crippen LogP contribution in [0, 0.1) is 6.92 Å². The van der Waals surface area contributed by atoms with Gasteiger partial charge in [0.2, 0.25) is 0 Å². The van der Waals surface area contributed by atoms with Crippen LogP contribution in [0.5, 0.6) is 5.75 Å². The van der Waals surface area contributed by atoms with Gasteiger partial charge in [-0.3, -0.25) is 4.79 Å². The van der Waals surface area contributed by atoms with Gasteiger partial charge in [0.25, 0.3) is 0 Å². The van der Waals surface area contributed by atoms with Crippen molar-refractivity contribution in [1.82, 2.24) is 4.57 Å². The van der Waals surface area contributed by atoms with Crippen molar-refractivity contribution in [3.8, 4) is 16.9 Å². The molecule has 0 fully saturated rings. The largest absolute Gasteiger partial charge is 0.491 e. The van der Waals surface area contributed by atoms with Gasteiger partial charge in [0.1, 0.15) is 18.5 Å². The van der Waals surface area contributed by atoms with E-state index in [1.807, 2.05) is 59.2 Å². The second-order valence-corrected chi connectivity index (χ2v) is 9.47. The quantitative estimate of drug-likeness (QED) is 0.131. The second kappa shape index (κ2) is 12.9. The van der Waals surface area contributed by atoms with Gasteiger partial charge in [-0.05, 0) is 54.8 Å². The highest BCUT2D eigenvalue weighted by Crippen LogP contribution is 2.30. The van der Waals surface area contributed by atoms with E-state index in [1.54, 1.807) is 18.9 Å². The van der Waals surface area contributed by atoms with Crippen LogP contribution in [0.3, 0.4) is 0 Å². The van der Waals surface area contributed by atoms with E-state index < -0.39 is 12.1 Å². The van der Waals surface area contributed by atoms with Crippen molar-refractivity contribution in [2.24, 2.45) is 0 Å². The molecule has 0 aliphatic carbocycles. The van der Waals surface area contributed by atoms with Crippen LogP contribution in [0.25, 0.3) is 22.0 Å². The first kappa shape index (κ1) is 28.4. The third-order valence-corrected chi connectivity index (χ3v) is 6.81. The number of carbonyl (C=O) groups excluding carboxylic acids is 2. The average molecular weight is 542 g/mol. The number of fused-ring (bicyclic) bond motifs is 1. The Morgan fingerprint density at radius 1 is 0.975 bits per heavy atom. The molecule has 1 aromatic heterocycles. The zero-order chi connectivity index (χ0) is 28.6. The molecule has 0 saturated heterocycles. The van der Waals surface area contributed by atoms with E-state index in [0.29, 0.717) is 34.3 Å². The second-order valence-electron chi connectivity index (χ2n) is 9.47. The maximum absolute atomic E-state index is 13.3. The van der Waals surface area contributed by atoms with Crippen LogP contribution >= 0.6 is 0 Å². The van der Waals surface area contributed by atoms with Gasteiger partial charge in [-0.2, -0.15) is 0 Å². The number of benzene rings is 3. The molecule has 1 heterocycles. The molecule has 0 aliphatic heterocycles. The minimum atomic E-state index is -1.10. The molecule has 4 aromatic rings. The SMILES string of the molecule is COC(=C=O)CCCC(=O)c1c(C)n(CC(O)COc2ccc(-c3ccccc3)cc2)c2ccc(C(=O)O)cc12. The number of aliphatic hydroxyl groups is 1. The number of ether oxygens (including phenoxy) is 2. The number of aromatic nitrogens is 1. The number of aliphatic hydroxyl groups excluding tert-OH is 1. The van der Waals surface area contributed by atoms with Crippen LogP contribution in [-0.4, -0.2) is 52.3 Å². The smallest absolute Gasteiger partial charge is 0.335 e. The number of allylic oxidation sites excluding steroid dienone is 1. The molecule has 0 radical (unpaired) electrons. The minimum absolute atomic E-state index is 0.0259. The number of carboxylic acids is 1. The van der Waals surface area contributed by atoms with Crippen molar-refractivity contribution >= 4 is 28.6 Å². The third-order valence-electron chi connectivity index (χ3n) is 6.81. The fraction of sp³-hybridized carbons (Fsp3) is 0.250. The average Bonchev–Trinajstić information content (AvgIpc) is 3.24. The van der Waals surface area contributed by atoms with Gasteiger partial charge in [-0.15, -0.1) is 0 Å². The Labute approximate surface area is 232 Å². The molecule has 4 rings (SSSR count). The summed E-state index contributed by atoms with van der Waals surface area (Å²) in [6, 6.07) is 22.2. The van der Waals surface area contributed by atoms with E-state index in [1.165, 1.54) is 19.2 Å². The van der Waals surface area contributed by atoms with Gasteiger partial charge in [0.05, 0.1) is 19.2 Å². The first-order valence-corrected chi connectivity index (χ1v) is 13.0. The van der Waals surface area contributed by atoms with Crippen LogP contribution in [0.2, 0.25) is 0 Å². The van der Waals surface area contributed by atoms with E-state index in [4.69, 9.17) is 9.47 Å². The lowest BCUT2D eigenvalue weighted by molar-refractivity contribution is 0.0696. The molecule has 8 heteroatoms. The Morgan fingerprint density at radius 2 is 1.68 bits per heavy atom. The van der Waals surface area contributed by atoms with Crippen molar-refractivity contribution in [3.05, 3.63) is 95.4 Å². The minimum Gasteiger partial charge on any atom is -0.491 e. The summed E-state index contributed by atoms with van der Waals surface area (Å²) in [5.74, 6) is 1.18. The molecule has 0 aliphatic rings. The molecule has 1 unspecified atom stereocenters. The number of ketones is 1. The molecule has 1 atom stereocenters. The van der Waals surface area contributed by atoms with Crippen molar-refractivity contribution in [3.63, 3.8) is 0 Å². The molecule has 3 aromatic carbocycles. The third kappa shape index (κ3) is 6.49. The summed E-state index contributed by atoms with van der Waals surface area (Å²) in [7, 11) is 1.38. The number of carboxylic acid groups (broad SMARTS) is 1. The van der Waals surface area contributed by atoms with Crippen molar-refractivity contribution in [1.29, 1.82) is 0 Å². The Balaban J connectivity index is 1.51. The molecule has 0 spiro atoms. The number of hydrogen-bond donors (Lipinski definition) is 2. The number of methoxy groups -OCH3 is 1. The molecule has 40 heavy (non-hydrogen) atoms. The van der Waals surface area contributed by atoms with E-state index in [2.05, 4.69) is 0 Å². The zero-order valence-corrected chi connectivity index (χ0v) is 22.4. The van der Waals surface area contributed by atoms with Gasteiger partial charge in [0, 0.05) is 35.0 Å². The number of rotatable bonds is 13. The van der Waals surface area contributed by atoms with E-state index >= 15 is 0 Å². The highest BCUT2D eigenvalue weighted by Gasteiger charge is 2.22. The van der Waals surface area contributed by atoms with E-state index in [0.717, 1.165) is 11.1 Å². The van der Waals surface area contributed by atoms with Crippen LogP contribution < -0.4 is 4.74 Å². The highest BCUT2D eigenvalue weighted by atomic mass is 16.5. The first-order valence-electron chi connectivity index (χ1n) is 13.0. The summed E-state index contributed by atoms with van der Waals surface area (Å²) in [4.78, 5) is 35.8. The molecule has 0 bridgehead atoms. The lowest BCUT2D eigenvalue weighted by Gasteiger charge is -2.16. The van der Waals surface area contributed by atoms with Crippen molar-refractivity contribution in [2.75, 3.05) is 13.7 Å². The Bertz CT molecular complexity index is 1550. The summed E-state index contributed by atoms with van der Waals surface area (Å²) in [6.07, 6.45) is -0.114. The zero-order valence-electron chi connectivity index (χ0n) is 22.4. The fourth-order valence-electron chi connectivity index (χ4n) is 4.76. The maximum Gasteiger partial charge on any atom is 0.335 e. The van der Waals surface area contributed by atoms with Crippen LogP contribution in [-0.2, 0) is 16.1 Å². The van der Waals surface area contributed by atoms with Crippen molar-refractivity contribution in [2.45, 2.75) is 38.8 Å². The van der Waals surface area contributed by atoms with Crippen LogP contribution in [0.4, 0.5) is 0 Å². The van der Waals surface area contributed by atoms with Gasteiger partial charge >= 0.3 is 5.97 Å². The first-order chi connectivity index (χ1) is 19.3. The molecule has 0 saturated carbocycles. The predicted octanol–water partition coefficient (Wildman–Crippen LogP) is 5.47. The van der Waals surface area contributed by atoms with Crippen molar-refractivity contribution < 1.29 is 34.1 Å². The van der Waals surface area contributed by atoms with Gasteiger partial charge in [-0.25, -0.2) is 9.59 Å². The standard InChI is InChI=1S/C32H31NO7/c1-21-31(30(36)10-6-9-27(19-34)39-2)28-17-24(32(37)38)13-16-29(28)33(21)18-25(35)20-40-26-14-11-23(12-15-26)22-7-4-3-5-8-22/h3-5,7-8,11-17,25,35H,6,9-10,18,20H2,1-2H3,(H,37,38). The van der Waals surface area contributed by atoms with Gasteiger partial charge in [0.15, 0.2) is 17.5 Å². The summed E-state index contributed by atoms with van der Waals surface area (Å²) >= 11 is 0. The number of nitrogens with zero attached hydrogens (tertiary/aromatic N) is 1. The normalized spacial score (nSPS) is 11.6. The lowest BCUT2D eigenvalue weighted by Crippen LogP contribution is -2.24. The Morgan fingerprint density at radius 3 is 2.33 bits per heavy atom. The summed E-state index contributed by atoms with van der Waals surface area (Å²) in [5, 5.41) is 20.9. The maximum atomic E-state index is 13.3. The number of carbonyl (C=O) groups is 2. The van der Waals surface area contributed by atoms with Crippen LogP contribution in [0.1, 0.15) is 45.7 Å². The Kier molecular flexibility index (Phi) is 9.17. The lowest BCUT2D eigenvalue weighted by atomic mass is 10.0. The molecule has 2 N–H and O–H groups in total. The number of hydrogen-bond acceptors (Lipinski definition) is 6. The molecule has 206 valence electrons.